The van der Waals surface area contributed by atoms with Gasteiger partial charge in [-0.25, -0.2) is 0 Å². The summed E-state index contributed by atoms with van der Waals surface area (Å²) in [5.74, 6) is 0. The van der Waals surface area contributed by atoms with Crippen molar-refractivity contribution < 1.29 is 32.7 Å². The molecule has 1 fully saturated rings. The van der Waals surface area contributed by atoms with Gasteiger partial charge in [-0.05, 0) is 12.8 Å². The Morgan fingerprint density at radius 3 is 1.84 bits per heavy atom. The predicted octanol–water partition coefficient (Wildman–Crippen LogP) is 4.16. The van der Waals surface area contributed by atoms with Crippen molar-refractivity contribution in [3.05, 3.63) is 56.7 Å². The normalized spacial score (nSPS) is 15.3. The molecule has 0 spiro atoms. The first-order valence-corrected chi connectivity index (χ1v) is 6.97. The molecule has 0 heterocycles. The van der Waals surface area contributed by atoms with E-state index in [2.05, 4.69) is 25.7 Å². The van der Waals surface area contributed by atoms with Gasteiger partial charge in [0.1, 0.15) is 0 Å². The first-order valence-electron chi connectivity index (χ1n) is 6.97. The average molecular weight is 333 g/mol. The Bertz CT molecular complexity index is 289. The zero-order valence-electron chi connectivity index (χ0n) is 12.1. The molecule has 1 aliphatic rings. The Hall–Kier alpha value is 0.154. The van der Waals surface area contributed by atoms with E-state index in [1.54, 1.807) is 0 Å². The van der Waals surface area contributed by atoms with Gasteiger partial charge in [-0.3, -0.25) is 0 Å². The van der Waals surface area contributed by atoms with Crippen molar-refractivity contribution in [1.29, 1.82) is 0 Å². The average Bonchev–Trinajstić information content (AvgIpc) is 2.43. The molecule has 0 bridgehead atoms. The van der Waals surface area contributed by atoms with Crippen LogP contribution in [0.1, 0.15) is 37.7 Å². The molecule has 0 atom stereocenters. The molecule has 1 nitrogen and oxygen atoms in total. The Labute approximate surface area is 145 Å². The molecule has 0 aliphatic heterocycles. The Balaban J connectivity index is 0.000000352. The minimum Gasteiger partial charge on any atom is -0.360 e. The van der Waals surface area contributed by atoms with Gasteiger partial charge in [0.05, 0.1) is 0 Å². The monoisotopic (exact) mass is 333 g/mol. The van der Waals surface area contributed by atoms with Crippen LogP contribution in [0, 0.1) is 20.8 Å². The maximum absolute atomic E-state index is 3.92. The van der Waals surface area contributed by atoms with Gasteiger partial charge in [-0.2, -0.15) is 24.6 Å². The van der Waals surface area contributed by atoms with Gasteiger partial charge >= 0.3 is 32.7 Å². The van der Waals surface area contributed by atoms with E-state index in [9.17, 15) is 0 Å². The zero-order chi connectivity index (χ0) is 13.2. The van der Waals surface area contributed by atoms with Crippen LogP contribution in [0.25, 0.3) is 0 Å². The molecule has 0 N–H and O–H groups in total. The van der Waals surface area contributed by atoms with Gasteiger partial charge in [0.15, 0.2) is 0 Å². The number of rotatable bonds is 3. The molecule has 1 aliphatic carbocycles. The fourth-order valence-electron chi connectivity index (χ4n) is 2.40. The van der Waals surface area contributed by atoms with Crippen molar-refractivity contribution in [1.82, 2.24) is 4.90 Å². The van der Waals surface area contributed by atoms with E-state index < -0.39 is 0 Å². The second kappa shape index (κ2) is 11.9. The third-order valence-corrected chi connectivity index (χ3v) is 3.51. The second-order valence-electron chi connectivity index (χ2n) is 4.81. The van der Waals surface area contributed by atoms with Crippen LogP contribution >= 0.6 is 0 Å². The van der Waals surface area contributed by atoms with Crippen molar-refractivity contribution in [2.75, 3.05) is 13.1 Å². The molecule has 2 rings (SSSR count). The van der Waals surface area contributed by atoms with E-state index in [1.807, 2.05) is 30.3 Å². The van der Waals surface area contributed by atoms with Crippen LogP contribution in [0.2, 0.25) is 0 Å². The van der Waals surface area contributed by atoms with E-state index in [4.69, 9.17) is 0 Å². The SMILES string of the molecule is [CH2-]CN(C[CH2-])C1CCCCC1.[CH2-]c1ccccc1.[Y+3]. The van der Waals surface area contributed by atoms with Crippen LogP contribution in [0.3, 0.4) is 0 Å². The second-order valence-corrected chi connectivity index (χ2v) is 4.81. The Kier molecular flexibility index (Phi) is 12.0. The van der Waals surface area contributed by atoms with E-state index in [1.165, 1.54) is 32.1 Å². The number of hydrogen-bond donors (Lipinski definition) is 0. The van der Waals surface area contributed by atoms with E-state index in [0.29, 0.717) is 0 Å². The van der Waals surface area contributed by atoms with Crippen LogP contribution in [0.15, 0.2) is 30.3 Å². The third-order valence-electron chi connectivity index (χ3n) is 3.51. The van der Waals surface area contributed by atoms with Crippen molar-refractivity contribution >= 4 is 0 Å². The fraction of sp³-hybridized carbons (Fsp3) is 0.471. The topological polar surface area (TPSA) is 3.24 Å². The van der Waals surface area contributed by atoms with Crippen LogP contribution in [0.4, 0.5) is 0 Å². The van der Waals surface area contributed by atoms with Crippen molar-refractivity contribution in [3.63, 3.8) is 0 Å². The molecule has 0 radical (unpaired) electrons. The summed E-state index contributed by atoms with van der Waals surface area (Å²) in [7, 11) is 0. The summed E-state index contributed by atoms with van der Waals surface area (Å²) in [5.41, 5.74) is 1.07. The van der Waals surface area contributed by atoms with Gasteiger partial charge < -0.3 is 18.7 Å². The summed E-state index contributed by atoms with van der Waals surface area (Å²) in [4.78, 5) is 2.39. The summed E-state index contributed by atoms with van der Waals surface area (Å²) in [5, 5.41) is 0. The minimum absolute atomic E-state index is 0. The van der Waals surface area contributed by atoms with Crippen LogP contribution in [0.5, 0.6) is 0 Å². The largest absolute Gasteiger partial charge is 3.00 e. The fourth-order valence-corrected chi connectivity index (χ4v) is 2.40. The molecule has 0 saturated heterocycles. The minimum atomic E-state index is 0. The summed E-state index contributed by atoms with van der Waals surface area (Å²) < 4.78 is 0. The molecule has 102 valence electrons. The van der Waals surface area contributed by atoms with Gasteiger partial charge in [0, 0.05) is 6.04 Å². The number of benzene rings is 1. The van der Waals surface area contributed by atoms with Crippen molar-refractivity contribution in [3.8, 4) is 0 Å². The molecule has 2 heteroatoms. The first kappa shape index (κ1) is 19.2. The van der Waals surface area contributed by atoms with Gasteiger partial charge in [0.2, 0.25) is 0 Å². The van der Waals surface area contributed by atoms with E-state index in [0.717, 1.165) is 24.7 Å². The van der Waals surface area contributed by atoms with E-state index in [-0.39, 0.29) is 32.7 Å². The molecule has 19 heavy (non-hydrogen) atoms. The smallest absolute Gasteiger partial charge is 0.360 e. The van der Waals surface area contributed by atoms with Gasteiger partial charge in [-0.1, -0.05) is 25.3 Å². The molecule has 0 aromatic heterocycles. The van der Waals surface area contributed by atoms with Crippen LogP contribution < -0.4 is 0 Å². The molecule has 1 saturated carbocycles. The predicted molar refractivity (Wildman–Crippen MR) is 80.1 cm³/mol. The van der Waals surface area contributed by atoms with Crippen molar-refractivity contribution in [2.24, 2.45) is 0 Å². The standard InChI is InChI=1S/C10H19N.C7H7.Y/c1-3-11(4-2)10-8-6-5-7-9-10;1-7-5-3-2-4-6-7;/h10H,1-9H2;2-6H,1H2;/q-2;-1;+3. The van der Waals surface area contributed by atoms with Crippen LogP contribution in [-0.2, 0) is 32.7 Å². The summed E-state index contributed by atoms with van der Waals surface area (Å²) in [6.07, 6.45) is 6.97. The number of nitrogens with zero attached hydrogens (tertiary/aromatic N) is 1. The maximum Gasteiger partial charge on any atom is 3.00 e. The van der Waals surface area contributed by atoms with Crippen molar-refractivity contribution in [2.45, 2.75) is 38.1 Å². The Morgan fingerprint density at radius 2 is 1.47 bits per heavy atom. The molecule has 0 amide bonds. The summed E-state index contributed by atoms with van der Waals surface area (Å²) >= 11 is 0. The summed E-state index contributed by atoms with van der Waals surface area (Å²) in [6, 6.07) is 10.7. The molecule has 1 aromatic rings. The quantitative estimate of drug-likeness (QED) is 0.751. The molecule has 0 unspecified atom stereocenters. The first-order chi connectivity index (χ1) is 8.77. The van der Waals surface area contributed by atoms with E-state index >= 15 is 0 Å². The third kappa shape index (κ3) is 8.12. The van der Waals surface area contributed by atoms with Gasteiger partial charge in [0.25, 0.3) is 0 Å². The van der Waals surface area contributed by atoms with Gasteiger partial charge in [-0.15, -0.1) is 25.2 Å². The van der Waals surface area contributed by atoms with Crippen LogP contribution in [-0.4, -0.2) is 24.0 Å². The Morgan fingerprint density at radius 1 is 0.947 bits per heavy atom. The summed E-state index contributed by atoms with van der Waals surface area (Å²) in [6.45, 7) is 13.4. The number of hydrogen-bond acceptors (Lipinski definition) is 1. The molecular formula is C17H26NY. The zero-order valence-corrected chi connectivity index (χ0v) is 14.9. The maximum atomic E-state index is 3.92. The molecular weight excluding hydrogens is 307 g/mol. The molecule has 1 aromatic carbocycles.